The number of carbonyl (C=O) groups is 1. The quantitative estimate of drug-likeness (QED) is 0.774. The van der Waals surface area contributed by atoms with Crippen molar-refractivity contribution in [3.8, 4) is 0 Å². The molecule has 0 aromatic heterocycles. The Kier molecular flexibility index (Phi) is 5.65. The lowest BCUT2D eigenvalue weighted by Gasteiger charge is -2.20. The lowest BCUT2D eigenvalue weighted by molar-refractivity contribution is 0.102. The molecule has 25 heavy (non-hydrogen) atoms. The number of anilines is 1. The number of hydrogen-bond donors (Lipinski definition) is 2. The van der Waals surface area contributed by atoms with Crippen LogP contribution in [0, 0.1) is 5.82 Å². The van der Waals surface area contributed by atoms with E-state index in [1.807, 2.05) is 0 Å². The molecule has 2 aromatic carbocycles. The standard InChI is InChI=1S/C17H18BrFN2O3S/c1-17(2,3)21-25(23,24)13-8-9-15(18)14(10-13)16(22)20-12-6-4-11(19)5-7-12/h4-10,21H,1-3H3,(H,20,22). The third-order valence-corrected chi connectivity index (χ3v) is 5.48. The summed E-state index contributed by atoms with van der Waals surface area (Å²) in [6, 6.07) is 9.48. The molecule has 0 aliphatic rings. The zero-order valence-electron chi connectivity index (χ0n) is 13.9. The van der Waals surface area contributed by atoms with Gasteiger partial charge in [0.05, 0.1) is 10.5 Å². The molecule has 0 saturated carbocycles. The van der Waals surface area contributed by atoms with Crippen molar-refractivity contribution in [1.82, 2.24) is 4.72 Å². The SMILES string of the molecule is CC(C)(C)NS(=O)(=O)c1ccc(Br)c(C(=O)Nc2ccc(F)cc2)c1. The minimum atomic E-state index is -3.77. The van der Waals surface area contributed by atoms with Crippen LogP contribution in [0.3, 0.4) is 0 Å². The van der Waals surface area contributed by atoms with Gasteiger partial charge in [-0.1, -0.05) is 0 Å². The summed E-state index contributed by atoms with van der Waals surface area (Å²) in [5.41, 5.74) is -0.0944. The Morgan fingerprint density at radius 3 is 2.24 bits per heavy atom. The zero-order chi connectivity index (χ0) is 18.8. The summed E-state index contributed by atoms with van der Waals surface area (Å²) in [5, 5.41) is 2.60. The largest absolute Gasteiger partial charge is 0.322 e. The van der Waals surface area contributed by atoms with Crippen LogP contribution in [-0.2, 0) is 10.0 Å². The van der Waals surface area contributed by atoms with Gasteiger partial charge in [-0.25, -0.2) is 17.5 Å². The number of rotatable bonds is 4. The highest BCUT2D eigenvalue weighted by atomic mass is 79.9. The molecular weight excluding hydrogens is 411 g/mol. The summed E-state index contributed by atoms with van der Waals surface area (Å²) in [6.45, 7) is 5.18. The Morgan fingerprint density at radius 2 is 1.68 bits per heavy atom. The molecule has 0 atom stereocenters. The van der Waals surface area contributed by atoms with Crippen LogP contribution in [0.4, 0.5) is 10.1 Å². The van der Waals surface area contributed by atoms with Crippen LogP contribution in [0.2, 0.25) is 0 Å². The maximum absolute atomic E-state index is 12.9. The van der Waals surface area contributed by atoms with Gasteiger partial charge in [0.1, 0.15) is 5.82 Å². The van der Waals surface area contributed by atoms with E-state index < -0.39 is 27.3 Å². The van der Waals surface area contributed by atoms with Crippen molar-refractivity contribution in [3.63, 3.8) is 0 Å². The molecule has 0 radical (unpaired) electrons. The number of amides is 1. The third kappa shape index (κ3) is 5.35. The Balaban J connectivity index is 2.32. The fourth-order valence-electron chi connectivity index (χ4n) is 2.04. The van der Waals surface area contributed by atoms with E-state index in [9.17, 15) is 17.6 Å². The zero-order valence-corrected chi connectivity index (χ0v) is 16.3. The Bertz CT molecular complexity index is 891. The van der Waals surface area contributed by atoms with Gasteiger partial charge in [-0.15, -0.1) is 0 Å². The smallest absolute Gasteiger partial charge is 0.256 e. The first-order valence-electron chi connectivity index (χ1n) is 7.38. The van der Waals surface area contributed by atoms with Crippen LogP contribution in [0.1, 0.15) is 31.1 Å². The predicted octanol–water partition coefficient (Wildman–Crippen LogP) is 3.92. The van der Waals surface area contributed by atoms with Gasteiger partial charge in [0.2, 0.25) is 10.0 Å². The van der Waals surface area contributed by atoms with Gasteiger partial charge < -0.3 is 5.32 Å². The van der Waals surface area contributed by atoms with Gasteiger partial charge >= 0.3 is 0 Å². The summed E-state index contributed by atoms with van der Waals surface area (Å²) in [5.74, 6) is -0.924. The lowest BCUT2D eigenvalue weighted by Crippen LogP contribution is -2.40. The molecule has 0 unspecified atom stereocenters. The normalized spacial score (nSPS) is 12.0. The van der Waals surface area contributed by atoms with E-state index >= 15 is 0 Å². The van der Waals surface area contributed by atoms with E-state index in [1.54, 1.807) is 20.8 Å². The first kappa shape index (κ1) is 19.6. The van der Waals surface area contributed by atoms with Crippen LogP contribution in [0.25, 0.3) is 0 Å². The summed E-state index contributed by atoms with van der Waals surface area (Å²) in [7, 11) is -3.77. The lowest BCUT2D eigenvalue weighted by atomic mass is 10.1. The van der Waals surface area contributed by atoms with E-state index in [-0.39, 0.29) is 10.5 Å². The first-order valence-corrected chi connectivity index (χ1v) is 9.66. The minimum absolute atomic E-state index is 0.0186. The fourth-order valence-corrected chi connectivity index (χ4v) is 3.91. The van der Waals surface area contributed by atoms with Gasteiger partial charge in [0.15, 0.2) is 0 Å². The van der Waals surface area contributed by atoms with E-state index in [0.717, 1.165) is 0 Å². The van der Waals surface area contributed by atoms with Crippen molar-refractivity contribution >= 4 is 37.5 Å². The average molecular weight is 429 g/mol. The molecule has 0 bridgehead atoms. The third-order valence-electron chi connectivity index (χ3n) is 3.04. The molecule has 0 heterocycles. The maximum atomic E-state index is 12.9. The average Bonchev–Trinajstić information content (AvgIpc) is 2.47. The molecule has 2 rings (SSSR count). The molecule has 0 aliphatic heterocycles. The molecule has 5 nitrogen and oxygen atoms in total. The number of benzene rings is 2. The number of sulfonamides is 1. The monoisotopic (exact) mass is 428 g/mol. The van der Waals surface area contributed by atoms with Crippen LogP contribution < -0.4 is 10.0 Å². The molecule has 2 N–H and O–H groups in total. The highest BCUT2D eigenvalue weighted by Crippen LogP contribution is 2.23. The second-order valence-electron chi connectivity index (χ2n) is 6.46. The second-order valence-corrected chi connectivity index (χ2v) is 8.99. The van der Waals surface area contributed by atoms with Crippen molar-refractivity contribution in [1.29, 1.82) is 0 Å². The Labute approximate surface area is 154 Å². The molecule has 1 amide bonds. The van der Waals surface area contributed by atoms with Crippen LogP contribution in [0.15, 0.2) is 51.8 Å². The van der Waals surface area contributed by atoms with Gasteiger partial charge in [-0.2, -0.15) is 0 Å². The van der Waals surface area contributed by atoms with Gasteiger partial charge in [-0.05, 0) is 79.2 Å². The second kappa shape index (κ2) is 7.23. The van der Waals surface area contributed by atoms with E-state index in [0.29, 0.717) is 10.2 Å². The van der Waals surface area contributed by atoms with E-state index in [2.05, 4.69) is 26.0 Å². The summed E-state index contributed by atoms with van der Waals surface area (Å²) in [6.07, 6.45) is 0. The molecule has 0 saturated heterocycles. The highest BCUT2D eigenvalue weighted by molar-refractivity contribution is 9.10. The summed E-state index contributed by atoms with van der Waals surface area (Å²) < 4.78 is 40.8. The highest BCUT2D eigenvalue weighted by Gasteiger charge is 2.23. The molecule has 0 spiro atoms. The molecule has 8 heteroatoms. The fraction of sp³-hybridized carbons (Fsp3) is 0.235. The van der Waals surface area contributed by atoms with Crippen molar-refractivity contribution in [2.24, 2.45) is 0 Å². The molecule has 0 aliphatic carbocycles. The van der Waals surface area contributed by atoms with Crippen LogP contribution in [-0.4, -0.2) is 19.9 Å². The van der Waals surface area contributed by atoms with E-state index in [1.165, 1.54) is 42.5 Å². The van der Waals surface area contributed by atoms with Crippen LogP contribution >= 0.6 is 15.9 Å². The number of carbonyl (C=O) groups excluding carboxylic acids is 1. The number of halogens is 2. The molecule has 2 aromatic rings. The molecule has 0 fully saturated rings. The Morgan fingerprint density at radius 1 is 1.08 bits per heavy atom. The number of hydrogen-bond acceptors (Lipinski definition) is 3. The number of nitrogens with one attached hydrogen (secondary N) is 2. The predicted molar refractivity (Wildman–Crippen MR) is 98.6 cm³/mol. The molecule has 134 valence electrons. The van der Waals surface area contributed by atoms with E-state index in [4.69, 9.17) is 0 Å². The molecular formula is C17H18BrFN2O3S. The van der Waals surface area contributed by atoms with Gasteiger partial charge in [-0.3, -0.25) is 4.79 Å². The van der Waals surface area contributed by atoms with Crippen molar-refractivity contribution in [2.75, 3.05) is 5.32 Å². The van der Waals surface area contributed by atoms with Crippen molar-refractivity contribution < 1.29 is 17.6 Å². The van der Waals surface area contributed by atoms with Gasteiger partial charge in [0.25, 0.3) is 5.91 Å². The van der Waals surface area contributed by atoms with Crippen molar-refractivity contribution in [3.05, 3.63) is 58.3 Å². The summed E-state index contributed by atoms with van der Waals surface area (Å²) in [4.78, 5) is 12.4. The topological polar surface area (TPSA) is 75.3 Å². The van der Waals surface area contributed by atoms with Gasteiger partial charge in [0, 0.05) is 15.7 Å². The maximum Gasteiger partial charge on any atom is 0.256 e. The van der Waals surface area contributed by atoms with Crippen molar-refractivity contribution in [2.45, 2.75) is 31.2 Å². The minimum Gasteiger partial charge on any atom is -0.322 e. The first-order chi connectivity index (χ1) is 11.5. The summed E-state index contributed by atoms with van der Waals surface area (Å²) >= 11 is 3.25. The Hall–Kier alpha value is -1.77. The van der Waals surface area contributed by atoms with Crippen LogP contribution in [0.5, 0.6) is 0 Å².